The summed E-state index contributed by atoms with van der Waals surface area (Å²) in [4.78, 5) is 11.9. The maximum atomic E-state index is 11.9. The third-order valence-electron chi connectivity index (χ3n) is 4.06. The maximum absolute atomic E-state index is 11.9. The number of hydrogen-bond acceptors (Lipinski definition) is 3. The first kappa shape index (κ1) is 11.9. The van der Waals surface area contributed by atoms with Crippen molar-refractivity contribution in [3.05, 3.63) is 0 Å². The molecule has 0 radical (unpaired) electrons. The lowest BCUT2D eigenvalue weighted by atomic mass is 9.77. The molecule has 0 heterocycles. The average molecular weight is 225 g/mol. The van der Waals surface area contributed by atoms with Crippen LogP contribution < -0.4 is 5.73 Å². The molecule has 0 aromatic carbocycles. The van der Waals surface area contributed by atoms with Gasteiger partial charge in [0.2, 0.25) is 0 Å². The van der Waals surface area contributed by atoms with Crippen LogP contribution >= 0.6 is 0 Å². The molecule has 2 fully saturated rings. The van der Waals surface area contributed by atoms with Crippen molar-refractivity contribution in [2.45, 2.75) is 64.0 Å². The summed E-state index contributed by atoms with van der Waals surface area (Å²) in [6.45, 7) is 4.47. The van der Waals surface area contributed by atoms with Crippen LogP contribution in [0.3, 0.4) is 0 Å². The molecule has 3 heteroatoms. The highest BCUT2D eigenvalue weighted by atomic mass is 16.5. The molecule has 0 amide bonds. The van der Waals surface area contributed by atoms with Gasteiger partial charge in [-0.3, -0.25) is 4.79 Å². The highest BCUT2D eigenvalue weighted by Gasteiger charge is 2.43. The number of esters is 1. The summed E-state index contributed by atoms with van der Waals surface area (Å²) in [5, 5.41) is 0. The van der Waals surface area contributed by atoms with E-state index in [1.54, 1.807) is 0 Å². The second-order valence-electron chi connectivity index (χ2n) is 5.95. The van der Waals surface area contributed by atoms with Crippen LogP contribution in [0.1, 0.15) is 52.4 Å². The van der Waals surface area contributed by atoms with Crippen molar-refractivity contribution in [3.63, 3.8) is 0 Å². The fraction of sp³-hybridized carbons (Fsp3) is 0.923. The van der Waals surface area contributed by atoms with E-state index in [1.165, 1.54) is 6.42 Å². The Morgan fingerprint density at radius 3 is 2.19 bits per heavy atom. The van der Waals surface area contributed by atoms with E-state index in [4.69, 9.17) is 10.5 Å². The van der Waals surface area contributed by atoms with Gasteiger partial charge in [-0.25, -0.2) is 0 Å². The molecule has 16 heavy (non-hydrogen) atoms. The Labute approximate surface area is 97.7 Å². The van der Waals surface area contributed by atoms with Gasteiger partial charge in [0.05, 0.1) is 0 Å². The Morgan fingerprint density at radius 1 is 1.19 bits per heavy atom. The predicted octanol–water partition coefficient (Wildman–Crippen LogP) is 2.24. The summed E-state index contributed by atoms with van der Waals surface area (Å²) in [6, 6.07) is 0. The van der Waals surface area contributed by atoms with Crippen molar-refractivity contribution in [2.24, 2.45) is 17.6 Å². The number of ether oxygens (including phenoxy) is 1. The van der Waals surface area contributed by atoms with Gasteiger partial charge < -0.3 is 10.5 Å². The third-order valence-corrected chi connectivity index (χ3v) is 4.06. The molecule has 0 spiro atoms. The first-order valence-corrected chi connectivity index (χ1v) is 6.49. The first-order chi connectivity index (χ1) is 7.49. The van der Waals surface area contributed by atoms with E-state index in [0.29, 0.717) is 11.8 Å². The van der Waals surface area contributed by atoms with Gasteiger partial charge in [0.15, 0.2) is 0 Å². The normalized spacial score (nSPS) is 37.6. The molecule has 0 aromatic rings. The van der Waals surface area contributed by atoms with Gasteiger partial charge in [-0.2, -0.15) is 0 Å². The Kier molecular flexibility index (Phi) is 3.24. The molecule has 0 aromatic heterocycles. The first-order valence-electron chi connectivity index (χ1n) is 6.49. The van der Waals surface area contributed by atoms with E-state index in [1.807, 2.05) is 0 Å². The van der Waals surface area contributed by atoms with Crippen LogP contribution in [0.4, 0.5) is 0 Å². The highest BCUT2D eigenvalue weighted by molar-refractivity contribution is 5.81. The molecule has 2 saturated carbocycles. The minimum absolute atomic E-state index is 0.104. The van der Waals surface area contributed by atoms with Crippen LogP contribution in [0.5, 0.6) is 0 Å². The zero-order valence-electron chi connectivity index (χ0n) is 10.4. The molecular formula is C13H23NO2. The summed E-state index contributed by atoms with van der Waals surface area (Å²) in [7, 11) is 0. The fourth-order valence-corrected chi connectivity index (χ4v) is 3.00. The molecule has 92 valence electrons. The molecule has 2 rings (SSSR count). The van der Waals surface area contributed by atoms with Crippen molar-refractivity contribution in [1.29, 1.82) is 0 Å². The minimum atomic E-state index is -0.649. The van der Waals surface area contributed by atoms with Crippen molar-refractivity contribution in [2.75, 3.05) is 0 Å². The van der Waals surface area contributed by atoms with E-state index < -0.39 is 5.54 Å². The van der Waals surface area contributed by atoms with Crippen molar-refractivity contribution >= 4 is 5.97 Å². The number of hydrogen-bond donors (Lipinski definition) is 1. The van der Waals surface area contributed by atoms with Gasteiger partial charge in [-0.05, 0) is 50.4 Å². The lowest BCUT2D eigenvalue weighted by Crippen LogP contribution is -2.55. The summed E-state index contributed by atoms with van der Waals surface area (Å²) < 4.78 is 5.58. The SMILES string of the molecule is CC1CC(C)CC(OC(=O)C2(N)CCC2)C1. The number of carbonyl (C=O) groups is 1. The summed E-state index contributed by atoms with van der Waals surface area (Å²) in [6.07, 6.45) is 6.02. The topological polar surface area (TPSA) is 52.3 Å². The van der Waals surface area contributed by atoms with Crippen LogP contribution in [-0.4, -0.2) is 17.6 Å². The monoisotopic (exact) mass is 225 g/mol. The van der Waals surface area contributed by atoms with Crippen molar-refractivity contribution in [1.82, 2.24) is 0 Å². The zero-order chi connectivity index (χ0) is 11.8. The molecule has 2 unspecified atom stereocenters. The smallest absolute Gasteiger partial charge is 0.326 e. The fourth-order valence-electron chi connectivity index (χ4n) is 3.00. The number of nitrogens with two attached hydrogens (primary N) is 1. The number of rotatable bonds is 2. The van der Waals surface area contributed by atoms with Crippen molar-refractivity contribution in [3.8, 4) is 0 Å². The third kappa shape index (κ3) is 2.40. The zero-order valence-corrected chi connectivity index (χ0v) is 10.4. The molecule has 3 nitrogen and oxygen atoms in total. The summed E-state index contributed by atoms with van der Waals surface area (Å²) in [5.41, 5.74) is 5.31. The van der Waals surface area contributed by atoms with Crippen LogP contribution in [0.25, 0.3) is 0 Å². The van der Waals surface area contributed by atoms with Crippen molar-refractivity contribution < 1.29 is 9.53 Å². The standard InChI is InChI=1S/C13H23NO2/c1-9-6-10(2)8-11(7-9)16-12(15)13(14)4-3-5-13/h9-11H,3-8,14H2,1-2H3. The Balaban J connectivity index is 1.86. The van der Waals surface area contributed by atoms with Gasteiger partial charge in [0.1, 0.15) is 11.6 Å². The van der Waals surface area contributed by atoms with Gasteiger partial charge in [-0.15, -0.1) is 0 Å². The quantitative estimate of drug-likeness (QED) is 0.733. The van der Waals surface area contributed by atoms with Crippen LogP contribution in [0, 0.1) is 11.8 Å². The van der Waals surface area contributed by atoms with Crippen LogP contribution in [0.15, 0.2) is 0 Å². The molecule has 2 aliphatic carbocycles. The van der Waals surface area contributed by atoms with Gasteiger partial charge >= 0.3 is 5.97 Å². The molecule has 2 N–H and O–H groups in total. The second-order valence-corrected chi connectivity index (χ2v) is 5.95. The van der Waals surface area contributed by atoms with Gasteiger partial charge in [0.25, 0.3) is 0 Å². The molecule has 0 saturated heterocycles. The Hall–Kier alpha value is -0.570. The maximum Gasteiger partial charge on any atom is 0.326 e. The van der Waals surface area contributed by atoms with Gasteiger partial charge in [0, 0.05) is 0 Å². The molecule has 0 aliphatic heterocycles. The molecule has 2 atom stereocenters. The van der Waals surface area contributed by atoms with E-state index in [2.05, 4.69) is 13.8 Å². The minimum Gasteiger partial charge on any atom is -0.461 e. The number of carbonyl (C=O) groups excluding carboxylic acids is 1. The highest BCUT2D eigenvalue weighted by Crippen LogP contribution is 2.34. The van der Waals surface area contributed by atoms with Gasteiger partial charge in [-0.1, -0.05) is 13.8 Å². The molecular weight excluding hydrogens is 202 g/mol. The molecule has 2 aliphatic rings. The van der Waals surface area contributed by atoms with E-state index in [9.17, 15) is 4.79 Å². The van der Waals surface area contributed by atoms with Crippen LogP contribution in [0.2, 0.25) is 0 Å². The summed E-state index contributed by atoms with van der Waals surface area (Å²) in [5.74, 6) is 1.17. The van der Waals surface area contributed by atoms with E-state index in [0.717, 1.165) is 32.1 Å². The largest absolute Gasteiger partial charge is 0.461 e. The lowest BCUT2D eigenvalue weighted by molar-refractivity contribution is -0.162. The lowest BCUT2D eigenvalue weighted by Gasteiger charge is -2.38. The Morgan fingerprint density at radius 2 is 1.75 bits per heavy atom. The van der Waals surface area contributed by atoms with E-state index >= 15 is 0 Å². The predicted molar refractivity (Wildman–Crippen MR) is 62.8 cm³/mol. The summed E-state index contributed by atoms with van der Waals surface area (Å²) >= 11 is 0. The Bertz CT molecular complexity index is 263. The molecule has 0 bridgehead atoms. The van der Waals surface area contributed by atoms with Crippen LogP contribution in [-0.2, 0) is 9.53 Å². The average Bonchev–Trinajstić information content (AvgIpc) is 2.12. The second kappa shape index (κ2) is 4.36. The van der Waals surface area contributed by atoms with E-state index in [-0.39, 0.29) is 12.1 Å².